The molecule has 0 fully saturated rings. The Morgan fingerprint density at radius 1 is 0.342 bits per heavy atom. The minimum Gasteiger partial charge on any atom is -0.497 e. The van der Waals surface area contributed by atoms with Crippen LogP contribution < -0.4 is 95.5 Å². The summed E-state index contributed by atoms with van der Waals surface area (Å²) in [7, 11) is 18.3. The van der Waals surface area contributed by atoms with Crippen LogP contribution in [-0.2, 0) is 56.2 Å². The van der Waals surface area contributed by atoms with Crippen LogP contribution in [-0.4, -0.2) is 213 Å². The number of ether oxygens (including phenoxy) is 2. The molecular formula is C87H153N17O10. The molecule has 0 saturated carbocycles. The zero-order chi connectivity index (χ0) is 84.1. The summed E-state index contributed by atoms with van der Waals surface area (Å²) in [5.74, 6) is -0.848. The summed E-state index contributed by atoms with van der Waals surface area (Å²) in [4.78, 5) is 102. The lowest BCUT2D eigenvalue weighted by Gasteiger charge is -2.22. The molecule has 0 aromatic heterocycles. The van der Waals surface area contributed by atoms with Gasteiger partial charge < -0.3 is 100 Å². The molecule has 0 aliphatic heterocycles. The second-order valence-corrected chi connectivity index (χ2v) is 28.0. The van der Waals surface area contributed by atoms with E-state index in [1.54, 1.807) is 35.3 Å². The first-order valence-electron chi connectivity index (χ1n) is 42.0. The number of amides is 7. The molecule has 27 nitrogen and oxygen atoms in total. The summed E-state index contributed by atoms with van der Waals surface area (Å²) in [6.45, 7) is 8.56. The number of hydrogen-bond acceptors (Lipinski definition) is 20. The van der Waals surface area contributed by atoms with E-state index < -0.39 is 30.1 Å². The number of nitrogens with one attached hydrogen (secondary N) is 16. The van der Waals surface area contributed by atoms with Gasteiger partial charge in [-0.15, -0.1) is 0 Å². The number of methoxy groups -OCH3 is 1. The van der Waals surface area contributed by atoms with Gasteiger partial charge in [0.2, 0.25) is 41.4 Å². The van der Waals surface area contributed by atoms with Gasteiger partial charge in [0, 0.05) is 51.9 Å². The summed E-state index contributed by atoms with van der Waals surface area (Å²) in [6.07, 6.45) is 23.5. The predicted octanol–water partition coefficient (Wildman–Crippen LogP) is 7.62. The number of carbonyl (C=O) groups is 8. The molecule has 6 atom stereocenters. The lowest BCUT2D eigenvalue weighted by molar-refractivity contribution is -0.145. The highest BCUT2D eigenvalue weighted by atomic mass is 16.5. The second kappa shape index (κ2) is 76.2. The van der Waals surface area contributed by atoms with Crippen molar-refractivity contribution in [2.75, 3.05) is 135 Å². The number of anilines is 1. The number of para-hydroxylation sites is 2. The van der Waals surface area contributed by atoms with Crippen molar-refractivity contribution in [2.24, 2.45) is 5.73 Å². The maximum Gasteiger partial charge on any atom is 0.307 e. The fraction of sp³-hybridized carbons (Fsp3) is 0.632. The minimum atomic E-state index is -0.760. The molecule has 4 aromatic rings. The van der Waals surface area contributed by atoms with Gasteiger partial charge in [-0.3, -0.25) is 38.4 Å². The number of nitrogens with two attached hydrogens (primary N) is 1. The quantitative estimate of drug-likeness (QED) is 0.0149. The molecule has 646 valence electrons. The predicted molar refractivity (Wildman–Crippen MR) is 466 cm³/mol. The van der Waals surface area contributed by atoms with Crippen LogP contribution in [0.25, 0.3) is 0 Å². The number of benzene rings is 4. The van der Waals surface area contributed by atoms with Crippen molar-refractivity contribution < 1.29 is 47.8 Å². The molecule has 114 heavy (non-hydrogen) atoms. The van der Waals surface area contributed by atoms with Gasteiger partial charge >= 0.3 is 5.97 Å². The molecule has 4 aromatic carbocycles. The Morgan fingerprint density at radius 3 is 1.04 bits per heavy atom. The van der Waals surface area contributed by atoms with Crippen molar-refractivity contribution in [3.05, 3.63) is 132 Å². The first-order chi connectivity index (χ1) is 55.5. The van der Waals surface area contributed by atoms with Crippen molar-refractivity contribution in [1.82, 2.24) is 79.8 Å². The summed E-state index contributed by atoms with van der Waals surface area (Å²) < 4.78 is 10.2. The molecule has 0 saturated heterocycles. The zero-order valence-electron chi connectivity index (χ0n) is 71.5. The summed E-state index contributed by atoms with van der Waals surface area (Å²) in [5.41, 5.74) is 8.42. The SMILES string of the molecule is CCCCCCCCCN.CNCCCC[C@H](NC)C(=O)NCCCC[C@H](NC(=O)[C@H](CCCCNC)NC)C(=O)NCCC(=O)NCc1ccccc1.CNCCCC[C@H](NC)C(=O)NCCCC[C@H](NC(=O)[C@H](CCCCNC)NC)C(=O)NCCC(=O)OCc1ccccc1.CNc1ccccc1.COc1ccccc1. The third kappa shape index (κ3) is 58.7. The Morgan fingerprint density at radius 2 is 0.675 bits per heavy atom. The molecule has 0 unspecified atom stereocenters. The maximum atomic E-state index is 13.1. The summed E-state index contributed by atoms with van der Waals surface area (Å²) >= 11 is 0. The van der Waals surface area contributed by atoms with Gasteiger partial charge in [0.15, 0.2) is 0 Å². The number of hydrogen-bond donors (Lipinski definition) is 17. The van der Waals surface area contributed by atoms with Gasteiger partial charge in [0.05, 0.1) is 37.7 Å². The molecule has 0 heterocycles. The molecular weight excluding hydrogens is 1440 g/mol. The molecule has 27 heteroatoms. The fourth-order valence-corrected chi connectivity index (χ4v) is 11.7. The fourth-order valence-electron chi connectivity index (χ4n) is 11.7. The van der Waals surface area contributed by atoms with E-state index in [0.717, 1.165) is 119 Å². The van der Waals surface area contributed by atoms with Gasteiger partial charge in [-0.2, -0.15) is 0 Å². The third-order valence-electron chi connectivity index (χ3n) is 18.7. The van der Waals surface area contributed by atoms with Crippen LogP contribution in [0.15, 0.2) is 121 Å². The minimum absolute atomic E-state index is 0.0253. The van der Waals surface area contributed by atoms with Gasteiger partial charge in [-0.05, 0) is 221 Å². The van der Waals surface area contributed by atoms with E-state index in [1.165, 1.54) is 44.9 Å². The number of unbranched alkanes of at least 4 members (excludes halogenated alkanes) is 12. The van der Waals surface area contributed by atoms with Crippen molar-refractivity contribution in [2.45, 2.75) is 230 Å². The molecule has 4 rings (SSSR count). The van der Waals surface area contributed by atoms with Crippen LogP contribution >= 0.6 is 0 Å². The third-order valence-corrected chi connectivity index (χ3v) is 18.7. The van der Waals surface area contributed by atoms with Crippen molar-refractivity contribution in [1.29, 1.82) is 0 Å². The average Bonchev–Trinajstić information content (AvgIpc) is 0.894. The lowest BCUT2D eigenvalue weighted by atomic mass is 10.1. The Balaban J connectivity index is 0.00000169. The monoisotopic (exact) mass is 1600 g/mol. The normalized spacial score (nSPS) is 12.1. The zero-order valence-corrected chi connectivity index (χ0v) is 71.5. The summed E-state index contributed by atoms with van der Waals surface area (Å²) in [5, 5.41) is 48.0. The highest BCUT2D eigenvalue weighted by molar-refractivity contribution is 5.91. The second-order valence-electron chi connectivity index (χ2n) is 28.0. The van der Waals surface area contributed by atoms with Crippen LogP contribution in [0, 0.1) is 0 Å². The Labute approximate surface area is 685 Å². The number of carbonyl (C=O) groups excluding carboxylic acids is 8. The first kappa shape index (κ1) is 106. The highest BCUT2D eigenvalue weighted by Crippen LogP contribution is 2.12. The topological polar surface area (TPSA) is 374 Å². The van der Waals surface area contributed by atoms with Crippen LogP contribution in [0.5, 0.6) is 5.75 Å². The van der Waals surface area contributed by atoms with Crippen LogP contribution in [0.2, 0.25) is 0 Å². The highest BCUT2D eigenvalue weighted by Gasteiger charge is 2.27. The van der Waals surface area contributed by atoms with Gasteiger partial charge in [-0.25, -0.2) is 0 Å². The summed E-state index contributed by atoms with van der Waals surface area (Å²) in [6, 6.07) is 36.0. The number of rotatable bonds is 61. The van der Waals surface area contributed by atoms with Crippen LogP contribution in [0.1, 0.15) is 191 Å². The molecule has 0 spiro atoms. The largest absolute Gasteiger partial charge is 0.497 e. The molecule has 0 radical (unpaired) electrons. The van der Waals surface area contributed by atoms with E-state index in [-0.39, 0.29) is 86.0 Å². The van der Waals surface area contributed by atoms with Crippen LogP contribution in [0.3, 0.4) is 0 Å². The Bertz CT molecular complexity index is 2780. The van der Waals surface area contributed by atoms with E-state index in [9.17, 15) is 38.4 Å². The maximum absolute atomic E-state index is 13.1. The molecule has 0 aliphatic rings. The van der Waals surface area contributed by atoms with Crippen molar-refractivity contribution in [3.8, 4) is 5.75 Å². The van der Waals surface area contributed by atoms with E-state index in [0.29, 0.717) is 71.0 Å². The standard InChI is InChI=1S/C32H58N8O4.C32H57N7O5.C9H21N.C7H9N.C7H8O/c1-33-20-11-8-16-26(35-3)30(42)37-22-13-10-18-28(40-32(44)27(36-4)17-9-12-21-34-2)31(43)38-23-19-29(41)39-24-25-14-6-5-7-15-25;1-33-20-11-8-16-26(35-3)30(41)37-22-13-10-18-28(39-32(43)27(36-4)17-9-12-21-34-2)31(42)38-23-19-29(40)44-24-25-14-6-5-7-15-25;1-2-3-4-5-6-7-8-9-10;2*1-8-7-5-3-2-4-6-7/h5-7,14-15,26-28,33-36H,8-13,16-24H2,1-4H3,(H,37,42)(H,38,43)(H,39,41)(H,40,44);5-7,14-15,26-28,33-36H,8-13,16-24H2,1-4H3,(H,37,41)(H,38,42)(H,39,43);2-10H2,1H3;2-6,8H,1H3;2-6H,1H3/t2*26-,27-,28-;;;/m00.../s1. The molecule has 7 amide bonds. The van der Waals surface area contributed by atoms with E-state index in [2.05, 4.69) is 92.0 Å². The first-order valence-corrected chi connectivity index (χ1v) is 42.0. The molecule has 0 bridgehead atoms. The van der Waals surface area contributed by atoms with Gasteiger partial charge in [-0.1, -0.05) is 168 Å². The Hall–Kier alpha value is -8.12. The van der Waals surface area contributed by atoms with Crippen molar-refractivity contribution >= 4 is 53.0 Å². The van der Waals surface area contributed by atoms with E-state index in [4.69, 9.17) is 15.2 Å². The smallest absolute Gasteiger partial charge is 0.307 e. The van der Waals surface area contributed by atoms with Gasteiger partial charge in [0.25, 0.3) is 0 Å². The number of esters is 1. The van der Waals surface area contributed by atoms with Crippen molar-refractivity contribution in [3.63, 3.8) is 0 Å². The lowest BCUT2D eigenvalue weighted by Crippen LogP contribution is -2.52. The number of likely N-dealkylation sites (N-methyl/N-ethyl adjacent to an activating group) is 4. The van der Waals surface area contributed by atoms with E-state index >= 15 is 0 Å². The van der Waals surface area contributed by atoms with Crippen LogP contribution in [0.4, 0.5) is 5.69 Å². The van der Waals surface area contributed by atoms with Gasteiger partial charge in [0.1, 0.15) is 24.4 Å². The Kier molecular flexibility index (Phi) is 70.8. The average molecular weight is 1600 g/mol. The van der Waals surface area contributed by atoms with E-state index in [1.807, 2.05) is 157 Å². The molecule has 0 aliphatic carbocycles. The molecule has 18 N–H and O–H groups in total.